The van der Waals surface area contributed by atoms with Crippen LogP contribution in [0.15, 0.2) is 66.8 Å². The van der Waals surface area contributed by atoms with E-state index < -0.39 is 17.7 Å². The molecule has 0 radical (unpaired) electrons. The molecule has 1 amide bonds. The first-order valence-electron chi connectivity index (χ1n) is 10.3. The van der Waals surface area contributed by atoms with Crippen LogP contribution >= 0.6 is 0 Å². The van der Waals surface area contributed by atoms with Gasteiger partial charge < -0.3 is 24.2 Å². The van der Waals surface area contributed by atoms with Crippen LogP contribution in [0.4, 0.5) is 0 Å². The third kappa shape index (κ3) is 4.84. The average Bonchev–Trinajstić information content (AvgIpc) is 3.07. The molecule has 0 saturated carbocycles. The van der Waals surface area contributed by atoms with Crippen molar-refractivity contribution < 1.29 is 28.9 Å². The van der Waals surface area contributed by atoms with Crippen LogP contribution in [-0.2, 0) is 14.3 Å². The maximum Gasteiger partial charge on any atom is 0.295 e. The van der Waals surface area contributed by atoms with Crippen LogP contribution in [0.25, 0.3) is 5.76 Å². The fourth-order valence-corrected chi connectivity index (χ4v) is 3.66. The molecule has 1 unspecified atom stereocenters. The zero-order valence-corrected chi connectivity index (χ0v) is 18.2. The van der Waals surface area contributed by atoms with Gasteiger partial charge in [-0.2, -0.15) is 0 Å². The number of amides is 1. The minimum absolute atomic E-state index is 0.0421. The number of benzene rings is 2. The van der Waals surface area contributed by atoms with E-state index in [1.54, 1.807) is 61.7 Å². The van der Waals surface area contributed by atoms with Gasteiger partial charge in [-0.05, 0) is 36.2 Å². The highest BCUT2D eigenvalue weighted by atomic mass is 16.5. The zero-order valence-electron chi connectivity index (χ0n) is 18.2. The van der Waals surface area contributed by atoms with E-state index in [0.717, 1.165) is 0 Å². The molecule has 168 valence electrons. The fraction of sp³-hybridized carbons (Fsp3) is 0.280. The number of hydrogen-bond donors (Lipinski definition) is 1. The van der Waals surface area contributed by atoms with Gasteiger partial charge in [-0.1, -0.05) is 36.9 Å². The van der Waals surface area contributed by atoms with Crippen molar-refractivity contribution in [2.75, 3.05) is 34.0 Å². The third-order valence-electron chi connectivity index (χ3n) is 5.19. The second-order valence-corrected chi connectivity index (χ2v) is 7.24. The molecule has 2 aromatic carbocycles. The Morgan fingerprint density at radius 2 is 1.88 bits per heavy atom. The quantitative estimate of drug-likeness (QED) is 0.201. The van der Waals surface area contributed by atoms with E-state index in [1.165, 1.54) is 12.0 Å². The van der Waals surface area contributed by atoms with Gasteiger partial charge in [0.15, 0.2) is 0 Å². The number of rotatable bonds is 10. The average molecular weight is 437 g/mol. The molecule has 1 saturated heterocycles. The van der Waals surface area contributed by atoms with Crippen molar-refractivity contribution in [2.24, 2.45) is 0 Å². The molecule has 0 bridgehead atoms. The number of ketones is 1. The number of methoxy groups -OCH3 is 2. The van der Waals surface area contributed by atoms with E-state index in [4.69, 9.17) is 14.2 Å². The number of likely N-dealkylation sites (tertiary alicyclic amines) is 1. The second kappa shape index (κ2) is 10.6. The Morgan fingerprint density at radius 3 is 2.53 bits per heavy atom. The summed E-state index contributed by atoms with van der Waals surface area (Å²) in [5, 5.41) is 11.1. The molecule has 1 fully saturated rings. The lowest BCUT2D eigenvalue weighted by Gasteiger charge is -2.25. The summed E-state index contributed by atoms with van der Waals surface area (Å²) in [7, 11) is 3.10. The maximum absolute atomic E-state index is 13.0. The number of Topliss-reactive ketones (excluding diaryl/α,β-unsaturated/α-hetero) is 1. The molecule has 32 heavy (non-hydrogen) atoms. The van der Waals surface area contributed by atoms with Gasteiger partial charge in [0.05, 0.1) is 18.7 Å². The fourth-order valence-electron chi connectivity index (χ4n) is 3.66. The summed E-state index contributed by atoms with van der Waals surface area (Å²) in [5.74, 6) is -0.447. The van der Waals surface area contributed by atoms with Crippen LogP contribution in [-0.4, -0.2) is 55.7 Å². The zero-order chi connectivity index (χ0) is 23.1. The number of aliphatic hydroxyl groups is 1. The predicted molar refractivity (Wildman–Crippen MR) is 121 cm³/mol. The van der Waals surface area contributed by atoms with Gasteiger partial charge in [-0.15, -0.1) is 0 Å². The van der Waals surface area contributed by atoms with E-state index >= 15 is 0 Å². The maximum atomic E-state index is 13.0. The predicted octanol–water partition coefficient (Wildman–Crippen LogP) is 3.72. The Labute approximate surface area is 187 Å². The monoisotopic (exact) mass is 437 g/mol. The Bertz CT molecular complexity index is 1010. The van der Waals surface area contributed by atoms with Gasteiger partial charge in [0.1, 0.15) is 23.9 Å². The first kappa shape index (κ1) is 23.1. The highest BCUT2D eigenvalue weighted by Gasteiger charge is 2.45. The number of aliphatic hydroxyl groups excluding tert-OH is 1. The number of nitrogens with zero attached hydrogens (tertiary/aromatic N) is 1. The Balaban J connectivity index is 2.07. The summed E-state index contributed by atoms with van der Waals surface area (Å²) in [6.45, 7) is 4.75. The van der Waals surface area contributed by atoms with E-state index in [1.807, 2.05) is 0 Å². The SMILES string of the molecule is C=CCOc1ccc(C2/C(=C(\O)c3cccc(OC)c3)C(=O)C(=O)N2CCCOC)cc1. The highest BCUT2D eigenvalue weighted by Crippen LogP contribution is 2.40. The van der Waals surface area contributed by atoms with Crippen molar-refractivity contribution in [3.63, 3.8) is 0 Å². The summed E-state index contributed by atoms with van der Waals surface area (Å²) in [6.07, 6.45) is 2.20. The molecule has 0 aliphatic carbocycles. The van der Waals surface area contributed by atoms with E-state index in [9.17, 15) is 14.7 Å². The molecule has 0 aromatic heterocycles. The molecule has 1 aliphatic heterocycles. The molecule has 0 spiro atoms. The molecule has 1 N–H and O–H groups in total. The van der Waals surface area contributed by atoms with E-state index in [2.05, 4.69) is 6.58 Å². The molecule has 1 atom stereocenters. The van der Waals surface area contributed by atoms with Gasteiger partial charge in [-0.25, -0.2) is 0 Å². The molecule has 3 rings (SSSR count). The molecule has 1 heterocycles. The lowest BCUT2D eigenvalue weighted by Crippen LogP contribution is -2.31. The van der Waals surface area contributed by atoms with Crippen molar-refractivity contribution in [3.05, 3.63) is 77.9 Å². The van der Waals surface area contributed by atoms with Crippen molar-refractivity contribution >= 4 is 17.4 Å². The van der Waals surface area contributed by atoms with Crippen LogP contribution in [0, 0.1) is 0 Å². The van der Waals surface area contributed by atoms with Crippen LogP contribution in [0.5, 0.6) is 11.5 Å². The van der Waals surface area contributed by atoms with E-state index in [0.29, 0.717) is 48.8 Å². The Morgan fingerprint density at radius 1 is 1.12 bits per heavy atom. The van der Waals surface area contributed by atoms with Gasteiger partial charge >= 0.3 is 0 Å². The van der Waals surface area contributed by atoms with Crippen LogP contribution in [0.2, 0.25) is 0 Å². The first-order chi connectivity index (χ1) is 15.5. The standard InChI is InChI=1S/C25H27NO6/c1-4-14-32-19-11-9-17(10-12-19)22-21(23(27)18-7-5-8-20(16-18)31-3)24(28)25(29)26(22)13-6-15-30-2/h4-5,7-12,16,22,27H,1,6,13-15H2,2-3H3/b23-21+. The third-order valence-corrected chi connectivity index (χ3v) is 5.19. The van der Waals surface area contributed by atoms with Gasteiger partial charge in [0, 0.05) is 25.8 Å². The lowest BCUT2D eigenvalue weighted by molar-refractivity contribution is -0.140. The summed E-state index contributed by atoms with van der Waals surface area (Å²) >= 11 is 0. The van der Waals surface area contributed by atoms with Crippen molar-refractivity contribution in [1.82, 2.24) is 4.90 Å². The largest absolute Gasteiger partial charge is 0.507 e. The van der Waals surface area contributed by atoms with Crippen molar-refractivity contribution in [3.8, 4) is 11.5 Å². The number of carbonyl (C=O) groups excluding carboxylic acids is 2. The topological polar surface area (TPSA) is 85.3 Å². The van der Waals surface area contributed by atoms with Crippen molar-refractivity contribution in [2.45, 2.75) is 12.5 Å². The summed E-state index contributed by atoms with van der Waals surface area (Å²) in [6, 6.07) is 13.1. The number of ether oxygens (including phenoxy) is 3. The normalized spacial score (nSPS) is 17.4. The van der Waals surface area contributed by atoms with Crippen LogP contribution in [0.3, 0.4) is 0 Å². The van der Waals surface area contributed by atoms with Crippen molar-refractivity contribution in [1.29, 1.82) is 0 Å². The highest BCUT2D eigenvalue weighted by molar-refractivity contribution is 6.46. The smallest absolute Gasteiger partial charge is 0.295 e. The molecular formula is C25H27NO6. The molecule has 2 aromatic rings. The summed E-state index contributed by atoms with van der Waals surface area (Å²) < 4.78 is 15.9. The van der Waals surface area contributed by atoms with E-state index in [-0.39, 0.29) is 11.3 Å². The minimum Gasteiger partial charge on any atom is -0.507 e. The minimum atomic E-state index is -0.730. The Kier molecular flexibility index (Phi) is 7.68. The number of carbonyl (C=O) groups is 2. The Hall–Kier alpha value is -3.58. The first-order valence-corrected chi connectivity index (χ1v) is 10.3. The second-order valence-electron chi connectivity index (χ2n) is 7.24. The molecule has 7 nitrogen and oxygen atoms in total. The van der Waals surface area contributed by atoms with Gasteiger partial charge in [-0.3, -0.25) is 9.59 Å². The van der Waals surface area contributed by atoms with Crippen LogP contribution < -0.4 is 9.47 Å². The lowest BCUT2D eigenvalue weighted by atomic mass is 9.95. The summed E-state index contributed by atoms with van der Waals surface area (Å²) in [4.78, 5) is 27.4. The molecule has 7 heteroatoms. The molecular weight excluding hydrogens is 410 g/mol. The molecule has 1 aliphatic rings. The van der Waals surface area contributed by atoms with Crippen LogP contribution in [0.1, 0.15) is 23.6 Å². The van der Waals surface area contributed by atoms with Gasteiger partial charge in [0.25, 0.3) is 11.7 Å². The van der Waals surface area contributed by atoms with Gasteiger partial charge in [0.2, 0.25) is 0 Å². The summed E-state index contributed by atoms with van der Waals surface area (Å²) in [5.41, 5.74) is 1.13. The number of hydrogen-bond acceptors (Lipinski definition) is 6.